The summed E-state index contributed by atoms with van der Waals surface area (Å²) in [7, 11) is 0. The molecule has 2 aromatic heterocycles. The number of alkyl halides is 2. The van der Waals surface area contributed by atoms with Crippen LogP contribution in [-0.2, 0) is 11.3 Å². The number of hydrogen-bond acceptors (Lipinski definition) is 7. The fourth-order valence-electron chi connectivity index (χ4n) is 5.37. The molecule has 4 heterocycles. The number of halogens is 4. The van der Waals surface area contributed by atoms with Crippen molar-refractivity contribution >= 4 is 22.4 Å². The molecular formula is C25H31F4N5O2S. The molecule has 3 fully saturated rings. The Kier molecular flexibility index (Phi) is 7.96. The predicted octanol–water partition coefficient (Wildman–Crippen LogP) is 4.24. The van der Waals surface area contributed by atoms with E-state index in [0.29, 0.717) is 17.5 Å². The molecule has 1 unspecified atom stereocenters. The fourth-order valence-corrected chi connectivity index (χ4v) is 6.26. The van der Waals surface area contributed by atoms with Crippen LogP contribution in [0.5, 0.6) is 0 Å². The molecule has 1 saturated carbocycles. The van der Waals surface area contributed by atoms with Crippen LogP contribution in [-0.4, -0.2) is 71.6 Å². The second-order valence-corrected chi connectivity index (χ2v) is 11.2. The highest BCUT2D eigenvalue weighted by molar-refractivity contribution is 7.17. The number of ether oxygens (including phenoxy) is 1. The average molecular weight is 542 g/mol. The lowest BCUT2D eigenvalue weighted by molar-refractivity contribution is -0.139. The minimum atomic E-state index is -2.50. The normalized spacial score (nSPS) is 23.1. The summed E-state index contributed by atoms with van der Waals surface area (Å²) in [4.78, 5) is 25.7. The van der Waals surface area contributed by atoms with E-state index in [9.17, 15) is 22.4 Å². The third-order valence-corrected chi connectivity index (χ3v) is 8.48. The van der Waals surface area contributed by atoms with Gasteiger partial charge in [-0.25, -0.2) is 22.5 Å². The Balaban J connectivity index is 1.06. The molecule has 1 N–H and O–H groups in total. The minimum absolute atomic E-state index is 0.0142. The summed E-state index contributed by atoms with van der Waals surface area (Å²) in [5.41, 5.74) is -0.0310. The SMILES string of the molecule is O=C(NCc1ncc(F)cc1F)c1cnc(N2CCC(N3CCCC(OCC4CC(F)(F)C4)C3)CC2)s1. The molecule has 202 valence electrons. The summed E-state index contributed by atoms with van der Waals surface area (Å²) in [5.74, 6) is -4.46. The summed E-state index contributed by atoms with van der Waals surface area (Å²) in [6.45, 7) is 3.81. The van der Waals surface area contributed by atoms with E-state index in [1.165, 1.54) is 17.5 Å². The van der Waals surface area contributed by atoms with Gasteiger partial charge in [-0.15, -0.1) is 0 Å². The summed E-state index contributed by atoms with van der Waals surface area (Å²) in [5, 5.41) is 3.38. The van der Waals surface area contributed by atoms with Gasteiger partial charge in [0.1, 0.15) is 16.5 Å². The molecule has 5 rings (SSSR count). The zero-order valence-corrected chi connectivity index (χ0v) is 21.3. The van der Waals surface area contributed by atoms with Crippen molar-refractivity contribution in [2.75, 3.05) is 37.7 Å². The third-order valence-electron chi connectivity index (χ3n) is 7.42. The molecule has 0 bridgehead atoms. The van der Waals surface area contributed by atoms with Crippen LogP contribution in [0.1, 0.15) is 53.9 Å². The molecule has 1 amide bonds. The van der Waals surface area contributed by atoms with Crippen LogP contribution in [0.3, 0.4) is 0 Å². The Bertz CT molecular complexity index is 1090. The Morgan fingerprint density at radius 2 is 1.92 bits per heavy atom. The minimum Gasteiger partial charge on any atom is -0.377 e. The van der Waals surface area contributed by atoms with Crippen LogP contribution in [0.4, 0.5) is 22.7 Å². The average Bonchev–Trinajstić information content (AvgIpc) is 3.36. The van der Waals surface area contributed by atoms with Crippen molar-refractivity contribution in [3.05, 3.63) is 40.7 Å². The monoisotopic (exact) mass is 541 g/mol. The van der Waals surface area contributed by atoms with Gasteiger partial charge in [-0.1, -0.05) is 11.3 Å². The highest BCUT2D eigenvalue weighted by Gasteiger charge is 2.45. The lowest BCUT2D eigenvalue weighted by atomic mass is 9.82. The molecule has 1 atom stereocenters. The number of pyridine rings is 1. The van der Waals surface area contributed by atoms with Gasteiger partial charge in [-0.3, -0.25) is 14.7 Å². The van der Waals surface area contributed by atoms with Crippen molar-refractivity contribution in [1.29, 1.82) is 0 Å². The molecule has 37 heavy (non-hydrogen) atoms. The van der Waals surface area contributed by atoms with Gasteiger partial charge in [-0.05, 0) is 38.1 Å². The number of aromatic nitrogens is 2. The van der Waals surface area contributed by atoms with Gasteiger partial charge in [0.2, 0.25) is 5.92 Å². The molecule has 0 aromatic carbocycles. The van der Waals surface area contributed by atoms with Crippen molar-refractivity contribution in [2.45, 2.75) is 63.1 Å². The predicted molar refractivity (Wildman–Crippen MR) is 131 cm³/mol. The zero-order chi connectivity index (χ0) is 26.0. The van der Waals surface area contributed by atoms with Crippen molar-refractivity contribution in [3.63, 3.8) is 0 Å². The Labute approximate surface area is 217 Å². The van der Waals surface area contributed by atoms with E-state index < -0.39 is 17.6 Å². The van der Waals surface area contributed by atoms with Crippen molar-refractivity contribution < 1.29 is 27.1 Å². The molecule has 2 saturated heterocycles. The number of nitrogens with zero attached hydrogens (tertiary/aromatic N) is 4. The first-order chi connectivity index (χ1) is 17.8. The maximum atomic E-state index is 13.7. The summed E-state index contributed by atoms with van der Waals surface area (Å²) in [6.07, 6.45) is 6.41. The van der Waals surface area contributed by atoms with Crippen LogP contribution in [0.15, 0.2) is 18.5 Å². The molecule has 12 heteroatoms. The van der Waals surface area contributed by atoms with Crippen molar-refractivity contribution in [2.24, 2.45) is 5.92 Å². The molecule has 0 spiro atoms. The number of likely N-dealkylation sites (tertiary alicyclic amines) is 1. The number of carbonyl (C=O) groups is 1. The second kappa shape index (κ2) is 11.2. The smallest absolute Gasteiger partial charge is 0.263 e. The molecule has 1 aliphatic carbocycles. The quantitative estimate of drug-likeness (QED) is 0.505. The van der Waals surface area contributed by atoms with E-state index in [1.807, 2.05) is 0 Å². The van der Waals surface area contributed by atoms with Gasteiger partial charge in [0.15, 0.2) is 5.13 Å². The van der Waals surface area contributed by atoms with Crippen molar-refractivity contribution in [1.82, 2.24) is 20.2 Å². The lowest BCUT2D eigenvalue weighted by Crippen LogP contribution is -2.50. The molecular weight excluding hydrogens is 510 g/mol. The van der Waals surface area contributed by atoms with Gasteiger partial charge in [0, 0.05) is 44.6 Å². The highest BCUT2D eigenvalue weighted by Crippen LogP contribution is 2.42. The maximum Gasteiger partial charge on any atom is 0.263 e. The molecule has 0 radical (unpaired) electrons. The van der Waals surface area contributed by atoms with Gasteiger partial charge >= 0.3 is 0 Å². The summed E-state index contributed by atoms with van der Waals surface area (Å²) >= 11 is 1.28. The van der Waals surface area contributed by atoms with Crippen LogP contribution < -0.4 is 10.2 Å². The van der Waals surface area contributed by atoms with Gasteiger partial charge < -0.3 is 15.0 Å². The second-order valence-electron chi connectivity index (χ2n) is 10.2. The van der Waals surface area contributed by atoms with E-state index in [4.69, 9.17) is 4.74 Å². The van der Waals surface area contributed by atoms with Crippen LogP contribution in [0, 0.1) is 17.6 Å². The van der Waals surface area contributed by atoms with Crippen molar-refractivity contribution in [3.8, 4) is 0 Å². The van der Waals surface area contributed by atoms with E-state index in [1.54, 1.807) is 0 Å². The van der Waals surface area contributed by atoms with E-state index in [2.05, 4.69) is 25.1 Å². The van der Waals surface area contributed by atoms with Gasteiger partial charge in [0.25, 0.3) is 5.91 Å². The van der Waals surface area contributed by atoms with E-state index in [-0.39, 0.29) is 43.0 Å². The summed E-state index contributed by atoms with van der Waals surface area (Å²) < 4.78 is 58.9. The van der Waals surface area contributed by atoms with Crippen LogP contribution in [0.25, 0.3) is 0 Å². The van der Waals surface area contributed by atoms with Gasteiger partial charge in [0.05, 0.1) is 37.3 Å². The lowest BCUT2D eigenvalue weighted by Gasteiger charge is -2.43. The highest BCUT2D eigenvalue weighted by atomic mass is 32.1. The first kappa shape index (κ1) is 26.3. The molecule has 3 aliphatic rings. The number of anilines is 1. The number of thiazole rings is 1. The van der Waals surface area contributed by atoms with E-state index in [0.717, 1.165) is 69.3 Å². The number of rotatable bonds is 8. The third kappa shape index (κ3) is 6.58. The molecule has 2 aromatic rings. The van der Waals surface area contributed by atoms with E-state index >= 15 is 0 Å². The molecule has 2 aliphatic heterocycles. The molecule has 7 nitrogen and oxygen atoms in total. The number of piperidine rings is 2. The topological polar surface area (TPSA) is 70.6 Å². The largest absolute Gasteiger partial charge is 0.377 e. The Morgan fingerprint density at radius 1 is 1.14 bits per heavy atom. The Hall–Kier alpha value is -2.31. The fraction of sp³-hybridized carbons (Fsp3) is 0.640. The first-order valence-electron chi connectivity index (χ1n) is 12.8. The van der Waals surface area contributed by atoms with Gasteiger partial charge in [-0.2, -0.15) is 0 Å². The number of hydrogen-bond donors (Lipinski definition) is 1. The zero-order valence-electron chi connectivity index (χ0n) is 20.5. The number of nitrogens with one attached hydrogen (secondary N) is 1. The Morgan fingerprint density at radius 3 is 2.65 bits per heavy atom. The number of carbonyl (C=O) groups excluding carboxylic acids is 1. The summed E-state index contributed by atoms with van der Waals surface area (Å²) in [6, 6.07) is 1.18. The number of amides is 1. The van der Waals surface area contributed by atoms with Crippen LogP contribution in [0.2, 0.25) is 0 Å². The maximum absolute atomic E-state index is 13.7. The first-order valence-corrected chi connectivity index (χ1v) is 13.6. The van der Waals surface area contributed by atoms with Crippen LogP contribution >= 0.6 is 11.3 Å². The standard InChI is InChI=1S/C25H31F4N5O2S/c26-17-8-20(27)21(30-11-17)12-31-23(35)22-13-32-24(37-22)33-6-3-18(4-7-33)34-5-1-2-19(14-34)36-15-16-9-25(28,29)10-16/h8,11,13,16,18-19H,1-7,9-10,12,14-15H2,(H,31,35).